The van der Waals surface area contributed by atoms with E-state index >= 15 is 0 Å². The maximum absolute atomic E-state index is 12.7. The highest BCUT2D eigenvalue weighted by molar-refractivity contribution is 5.85. The van der Waals surface area contributed by atoms with Gasteiger partial charge >= 0.3 is 0 Å². The van der Waals surface area contributed by atoms with E-state index in [1.165, 1.54) is 0 Å². The summed E-state index contributed by atoms with van der Waals surface area (Å²) in [5.74, 6) is 0.0300. The number of hydrogen-bond donors (Lipinski definition) is 3. The van der Waals surface area contributed by atoms with Gasteiger partial charge in [-0.1, -0.05) is 18.2 Å². The van der Waals surface area contributed by atoms with Gasteiger partial charge in [0.25, 0.3) is 0 Å². The minimum absolute atomic E-state index is 0.0510. The first-order valence-corrected chi connectivity index (χ1v) is 8.29. The van der Waals surface area contributed by atoms with Gasteiger partial charge in [0.1, 0.15) is 0 Å². The summed E-state index contributed by atoms with van der Waals surface area (Å²) in [6.45, 7) is 1.95. The summed E-state index contributed by atoms with van der Waals surface area (Å²) < 4.78 is 0. The molecule has 126 valence electrons. The second-order valence-corrected chi connectivity index (χ2v) is 6.99. The monoisotopic (exact) mass is 327 g/mol. The van der Waals surface area contributed by atoms with Crippen molar-refractivity contribution in [2.45, 2.75) is 25.3 Å². The van der Waals surface area contributed by atoms with Crippen LogP contribution in [-0.4, -0.2) is 52.6 Å². The first-order valence-electron chi connectivity index (χ1n) is 8.29. The number of hydrogen-bond acceptors (Lipinski definition) is 4. The van der Waals surface area contributed by atoms with E-state index in [2.05, 4.69) is 15.5 Å². The highest BCUT2D eigenvalue weighted by Crippen LogP contribution is 2.36. The minimum atomic E-state index is -0.603. The van der Waals surface area contributed by atoms with Gasteiger partial charge < -0.3 is 16.0 Å². The smallest absolute Gasteiger partial charge is 0.239 e. The summed E-state index contributed by atoms with van der Waals surface area (Å²) >= 11 is 0. The zero-order chi connectivity index (χ0) is 16.7. The Labute approximate surface area is 139 Å². The predicted molar refractivity (Wildman–Crippen MR) is 89.0 cm³/mol. The third kappa shape index (κ3) is 2.54. The number of nitrogens with two attached hydrogens (primary N) is 1. The molecule has 2 aromatic rings. The van der Waals surface area contributed by atoms with E-state index in [0.29, 0.717) is 32.5 Å². The number of aromatic amines is 1. The Bertz CT molecular complexity index is 801. The molecule has 2 amide bonds. The maximum atomic E-state index is 12.7. The van der Waals surface area contributed by atoms with Gasteiger partial charge in [-0.3, -0.25) is 14.7 Å². The second-order valence-electron chi connectivity index (χ2n) is 6.99. The van der Waals surface area contributed by atoms with E-state index < -0.39 is 6.04 Å². The van der Waals surface area contributed by atoms with E-state index in [-0.39, 0.29) is 17.2 Å². The molecule has 2 fully saturated rings. The van der Waals surface area contributed by atoms with Crippen LogP contribution in [0.3, 0.4) is 0 Å². The molecule has 4 N–H and O–H groups in total. The standard InChI is InChI=1S/C17H21N5O2/c18-12(7-14-11-3-1-2-4-13(11)20-21-14)16(24)22-6-5-17(10-22)8-15(23)19-9-17/h1-4,12H,5-10,18H2,(H,19,23)(H,20,21). The number of nitrogens with zero attached hydrogens (tertiary/aromatic N) is 2. The average molecular weight is 327 g/mol. The zero-order valence-corrected chi connectivity index (χ0v) is 13.4. The fourth-order valence-electron chi connectivity index (χ4n) is 3.88. The Morgan fingerprint density at radius 1 is 1.42 bits per heavy atom. The quantitative estimate of drug-likeness (QED) is 0.747. The number of likely N-dealkylation sites (tertiary alicyclic amines) is 1. The molecule has 4 rings (SSSR count). The minimum Gasteiger partial charge on any atom is -0.355 e. The number of H-pyrrole nitrogens is 1. The maximum Gasteiger partial charge on any atom is 0.239 e. The van der Waals surface area contributed by atoms with Crippen LogP contribution in [-0.2, 0) is 16.0 Å². The third-order valence-corrected chi connectivity index (χ3v) is 5.23. The van der Waals surface area contributed by atoms with Crippen molar-refractivity contribution in [3.63, 3.8) is 0 Å². The van der Waals surface area contributed by atoms with Crippen LogP contribution in [0.4, 0.5) is 0 Å². The number of para-hydroxylation sites is 1. The van der Waals surface area contributed by atoms with E-state index in [1.54, 1.807) is 0 Å². The number of amides is 2. The van der Waals surface area contributed by atoms with Crippen molar-refractivity contribution in [2.24, 2.45) is 11.1 Å². The van der Waals surface area contributed by atoms with Crippen LogP contribution in [0.2, 0.25) is 0 Å². The lowest BCUT2D eigenvalue weighted by Crippen LogP contribution is -2.45. The number of aromatic nitrogens is 2. The van der Waals surface area contributed by atoms with Gasteiger partial charge in [-0.25, -0.2) is 0 Å². The van der Waals surface area contributed by atoms with E-state index in [9.17, 15) is 9.59 Å². The SMILES string of the molecule is NC(Cc1[nH]nc2ccccc12)C(=O)N1CCC2(CNC(=O)C2)C1. The van der Waals surface area contributed by atoms with Gasteiger partial charge in [0, 0.05) is 49.0 Å². The molecule has 0 saturated carbocycles. The summed E-state index contributed by atoms with van der Waals surface area (Å²) in [5, 5.41) is 11.1. The molecule has 2 atom stereocenters. The van der Waals surface area contributed by atoms with Crippen molar-refractivity contribution in [3.8, 4) is 0 Å². The van der Waals surface area contributed by atoms with Gasteiger partial charge in [0.2, 0.25) is 11.8 Å². The molecule has 2 aliphatic rings. The van der Waals surface area contributed by atoms with Crippen molar-refractivity contribution in [2.75, 3.05) is 19.6 Å². The molecule has 0 aliphatic carbocycles. The molecule has 7 nitrogen and oxygen atoms in total. The third-order valence-electron chi connectivity index (χ3n) is 5.23. The molecule has 3 heterocycles. The van der Waals surface area contributed by atoms with Crippen LogP contribution in [0.15, 0.2) is 24.3 Å². The number of benzene rings is 1. The largest absolute Gasteiger partial charge is 0.355 e. The topological polar surface area (TPSA) is 104 Å². The zero-order valence-electron chi connectivity index (χ0n) is 13.4. The van der Waals surface area contributed by atoms with Crippen molar-refractivity contribution in [1.29, 1.82) is 0 Å². The van der Waals surface area contributed by atoms with Crippen LogP contribution in [0.1, 0.15) is 18.5 Å². The Hall–Kier alpha value is -2.41. The van der Waals surface area contributed by atoms with E-state index in [4.69, 9.17) is 5.73 Å². The Morgan fingerprint density at radius 3 is 3.04 bits per heavy atom. The van der Waals surface area contributed by atoms with Gasteiger partial charge in [-0.05, 0) is 12.5 Å². The lowest BCUT2D eigenvalue weighted by Gasteiger charge is -2.24. The lowest BCUT2D eigenvalue weighted by molar-refractivity contribution is -0.132. The molecule has 2 unspecified atom stereocenters. The second kappa shape index (κ2) is 5.59. The first kappa shape index (κ1) is 15.1. The molecule has 2 saturated heterocycles. The first-order chi connectivity index (χ1) is 11.6. The van der Waals surface area contributed by atoms with Gasteiger partial charge in [0.05, 0.1) is 11.6 Å². The van der Waals surface area contributed by atoms with E-state index in [0.717, 1.165) is 23.0 Å². The number of rotatable bonds is 3. The van der Waals surface area contributed by atoms with Crippen molar-refractivity contribution in [3.05, 3.63) is 30.0 Å². The molecular weight excluding hydrogens is 306 g/mol. The fourth-order valence-corrected chi connectivity index (χ4v) is 3.88. The van der Waals surface area contributed by atoms with Crippen LogP contribution < -0.4 is 11.1 Å². The van der Waals surface area contributed by atoms with Gasteiger partial charge in [-0.15, -0.1) is 0 Å². The predicted octanol–water partition coefficient (Wildman–Crippen LogP) is 0.171. The Morgan fingerprint density at radius 2 is 2.25 bits per heavy atom. The van der Waals surface area contributed by atoms with Crippen molar-refractivity contribution >= 4 is 22.7 Å². The molecule has 24 heavy (non-hydrogen) atoms. The number of nitrogens with one attached hydrogen (secondary N) is 2. The molecule has 2 aliphatic heterocycles. The van der Waals surface area contributed by atoms with Gasteiger partial charge in [-0.2, -0.15) is 5.10 Å². The highest BCUT2D eigenvalue weighted by Gasteiger charge is 2.45. The van der Waals surface area contributed by atoms with Crippen LogP contribution in [0.5, 0.6) is 0 Å². The molecule has 7 heteroatoms. The average Bonchev–Trinajstić information content (AvgIpc) is 3.28. The normalized spacial score (nSPS) is 24.7. The molecule has 1 aromatic carbocycles. The molecule has 0 bridgehead atoms. The Balaban J connectivity index is 1.44. The number of fused-ring (bicyclic) bond motifs is 1. The summed E-state index contributed by atoms with van der Waals surface area (Å²) in [7, 11) is 0. The molecule has 1 spiro atoms. The van der Waals surface area contributed by atoms with E-state index in [1.807, 2.05) is 29.2 Å². The molecule has 1 aromatic heterocycles. The highest BCUT2D eigenvalue weighted by atomic mass is 16.2. The number of carbonyl (C=O) groups is 2. The molecule has 0 radical (unpaired) electrons. The number of carbonyl (C=O) groups excluding carboxylic acids is 2. The fraction of sp³-hybridized carbons (Fsp3) is 0.471. The summed E-state index contributed by atoms with van der Waals surface area (Å²) in [5.41, 5.74) is 7.85. The summed E-state index contributed by atoms with van der Waals surface area (Å²) in [6.07, 6.45) is 1.80. The van der Waals surface area contributed by atoms with Crippen molar-refractivity contribution < 1.29 is 9.59 Å². The summed E-state index contributed by atoms with van der Waals surface area (Å²) in [4.78, 5) is 26.0. The lowest BCUT2D eigenvalue weighted by atomic mass is 9.86. The van der Waals surface area contributed by atoms with Crippen molar-refractivity contribution in [1.82, 2.24) is 20.4 Å². The van der Waals surface area contributed by atoms with Gasteiger partial charge in [0.15, 0.2) is 0 Å². The summed E-state index contributed by atoms with van der Waals surface area (Å²) in [6, 6.07) is 7.18. The molecular formula is C17H21N5O2. The Kier molecular flexibility index (Phi) is 3.53. The van der Waals surface area contributed by atoms with Crippen LogP contribution >= 0.6 is 0 Å². The van der Waals surface area contributed by atoms with Crippen LogP contribution in [0.25, 0.3) is 10.9 Å². The van der Waals surface area contributed by atoms with Crippen LogP contribution in [0, 0.1) is 5.41 Å².